The molecule has 1 atom stereocenters. The van der Waals surface area contributed by atoms with E-state index in [0.717, 1.165) is 0 Å². The van der Waals surface area contributed by atoms with Gasteiger partial charge in [0.05, 0.1) is 0 Å². The minimum atomic E-state index is -1.61. The van der Waals surface area contributed by atoms with Gasteiger partial charge in [-0.1, -0.05) is 20.8 Å². The Morgan fingerprint density at radius 3 is 2.00 bits per heavy atom. The van der Waals surface area contributed by atoms with E-state index in [2.05, 4.69) is 0 Å². The largest absolute Gasteiger partial charge is 0.479 e. The maximum Gasteiger partial charge on any atom is 0.336 e. The molecule has 0 aromatic heterocycles. The molecule has 2 N–H and O–H groups in total. The molecule has 0 fully saturated rings. The van der Waals surface area contributed by atoms with E-state index in [0.29, 0.717) is 0 Å². The predicted octanol–water partition coefficient (Wildman–Crippen LogP) is 1.35. The normalized spacial score (nSPS) is 17.1. The molecule has 0 radical (unpaired) electrons. The number of aliphatic hydroxyl groups is 1. The Labute approximate surface area is 77.2 Å². The molecule has 0 aliphatic rings. The van der Waals surface area contributed by atoms with Gasteiger partial charge in [-0.3, -0.25) is 0 Å². The molecular weight excluding hydrogens is 176 g/mol. The summed E-state index contributed by atoms with van der Waals surface area (Å²) >= 11 is 1.44. The van der Waals surface area contributed by atoms with Gasteiger partial charge in [0.25, 0.3) is 0 Å². The third kappa shape index (κ3) is 4.62. The van der Waals surface area contributed by atoms with Crippen LogP contribution < -0.4 is 0 Å². The van der Waals surface area contributed by atoms with Gasteiger partial charge in [-0.25, -0.2) is 4.79 Å². The van der Waals surface area contributed by atoms with Crippen molar-refractivity contribution in [1.29, 1.82) is 0 Å². The Morgan fingerprint density at radius 1 is 1.33 bits per heavy atom. The molecule has 12 heavy (non-hydrogen) atoms. The van der Waals surface area contributed by atoms with Crippen molar-refractivity contribution in [3.8, 4) is 0 Å². The van der Waals surface area contributed by atoms with Gasteiger partial charge in [0.15, 0.2) is 5.60 Å². The van der Waals surface area contributed by atoms with Crippen LogP contribution in [0.2, 0.25) is 0 Å². The fraction of sp³-hybridized carbons (Fsp3) is 0.875. The number of aliphatic carboxylic acids is 1. The van der Waals surface area contributed by atoms with Crippen LogP contribution in [0.1, 0.15) is 27.7 Å². The first-order valence-corrected chi connectivity index (χ1v) is 4.73. The summed E-state index contributed by atoms with van der Waals surface area (Å²) in [5, 5.41) is 17.9. The van der Waals surface area contributed by atoms with Gasteiger partial charge in [-0.2, -0.15) is 11.8 Å². The Hall–Kier alpha value is -0.220. The summed E-state index contributed by atoms with van der Waals surface area (Å²) in [5.74, 6) is -0.953. The summed E-state index contributed by atoms with van der Waals surface area (Å²) in [5.41, 5.74) is -1.61. The Bertz CT molecular complexity index is 170. The summed E-state index contributed by atoms with van der Waals surface area (Å²) in [4.78, 5) is 10.5. The van der Waals surface area contributed by atoms with Crippen molar-refractivity contribution >= 4 is 17.7 Å². The van der Waals surface area contributed by atoms with Gasteiger partial charge >= 0.3 is 5.97 Å². The lowest BCUT2D eigenvalue weighted by Crippen LogP contribution is -2.38. The van der Waals surface area contributed by atoms with Crippen LogP contribution in [0.25, 0.3) is 0 Å². The molecule has 3 nitrogen and oxygen atoms in total. The highest BCUT2D eigenvalue weighted by Gasteiger charge is 2.31. The van der Waals surface area contributed by atoms with Crippen LogP contribution in [0.3, 0.4) is 0 Å². The van der Waals surface area contributed by atoms with Crippen LogP contribution in [-0.4, -0.2) is 32.3 Å². The zero-order valence-electron chi connectivity index (χ0n) is 7.92. The second-order valence-corrected chi connectivity index (χ2v) is 5.78. The van der Waals surface area contributed by atoms with E-state index in [-0.39, 0.29) is 10.5 Å². The first-order valence-electron chi connectivity index (χ1n) is 3.75. The van der Waals surface area contributed by atoms with Gasteiger partial charge in [0.1, 0.15) is 0 Å². The van der Waals surface area contributed by atoms with Gasteiger partial charge in [-0.15, -0.1) is 0 Å². The van der Waals surface area contributed by atoms with Gasteiger partial charge in [0, 0.05) is 10.5 Å². The van der Waals surface area contributed by atoms with E-state index >= 15 is 0 Å². The number of hydrogen-bond donors (Lipinski definition) is 2. The van der Waals surface area contributed by atoms with Crippen LogP contribution in [0.15, 0.2) is 0 Å². The van der Waals surface area contributed by atoms with Crippen LogP contribution >= 0.6 is 11.8 Å². The maximum absolute atomic E-state index is 10.5. The molecule has 0 aliphatic carbocycles. The molecule has 0 spiro atoms. The maximum atomic E-state index is 10.5. The lowest BCUT2D eigenvalue weighted by Gasteiger charge is -2.23. The highest BCUT2D eigenvalue weighted by Crippen LogP contribution is 2.26. The fourth-order valence-electron chi connectivity index (χ4n) is 0.419. The van der Waals surface area contributed by atoms with E-state index in [4.69, 9.17) is 5.11 Å². The van der Waals surface area contributed by atoms with Crippen molar-refractivity contribution in [3.63, 3.8) is 0 Å². The third-order valence-corrected chi connectivity index (χ3v) is 2.82. The number of carboxylic acids is 1. The molecule has 0 saturated carbocycles. The molecule has 0 aromatic rings. The Balaban J connectivity index is 4.01. The molecule has 0 aliphatic heterocycles. The third-order valence-electron chi connectivity index (χ3n) is 1.25. The van der Waals surface area contributed by atoms with E-state index in [9.17, 15) is 9.90 Å². The summed E-state index contributed by atoms with van der Waals surface area (Å²) in [7, 11) is 0. The minimum Gasteiger partial charge on any atom is -0.479 e. The smallest absolute Gasteiger partial charge is 0.336 e. The van der Waals surface area contributed by atoms with Gasteiger partial charge in [-0.05, 0) is 6.92 Å². The monoisotopic (exact) mass is 192 g/mol. The van der Waals surface area contributed by atoms with Crippen LogP contribution in [-0.2, 0) is 4.79 Å². The average Bonchev–Trinajstić information content (AvgIpc) is 1.82. The molecule has 0 rings (SSSR count). The van der Waals surface area contributed by atoms with Gasteiger partial charge < -0.3 is 10.2 Å². The van der Waals surface area contributed by atoms with Crippen molar-refractivity contribution in [2.75, 3.05) is 5.75 Å². The Morgan fingerprint density at radius 2 is 1.75 bits per heavy atom. The fourth-order valence-corrected chi connectivity index (χ4v) is 1.26. The molecular formula is C8H16O3S. The van der Waals surface area contributed by atoms with Crippen LogP contribution in [0, 0.1) is 0 Å². The second kappa shape index (κ2) is 3.66. The first kappa shape index (κ1) is 11.8. The predicted molar refractivity (Wildman–Crippen MR) is 50.5 cm³/mol. The molecule has 72 valence electrons. The van der Waals surface area contributed by atoms with Crippen molar-refractivity contribution < 1.29 is 15.0 Å². The zero-order chi connectivity index (χ0) is 9.99. The SMILES string of the molecule is CC(C)(C)SCC(C)(O)C(=O)O. The molecule has 4 heteroatoms. The molecule has 0 amide bonds. The van der Waals surface area contributed by atoms with Gasteiger partial charge in [0.2, 0.25) is 0 Å². The Kier molecular flexibility index (Phi) is 3.59. The number of hydrogen-bond acceptors (Lipinski definition) is 3. The van der Waals surface area contributed by atoms with Crippen molar-refractivity contribution in [2.45, 2.75) is 38.0 Å². The first-order chi connectivity index (χ1) is 5.15. The van der Waals surface area contributed by atoms with E-state index in [1.54, 1.807) is 0 Å². The van der Waals surface area contributed by atoms with Crippen molar-refractivity contribution in [2.24, 2.45) is 0 Å². The van der Waals surface area contributed by atoms with Crippen LogP contribution in [0.5, 0.6) is 0 Å². The molecule has 0 bridgehead atoms. The number of carboxylic acid groups (broad SMARTS) is 1. The average molecular weight is 192 g/mol. The summed E-state index contributed by atoms with van der Waals surface area (Å²) < 4.78 is -0.0144. The number of rotatable bonds is 3. The van der Waals surface area contributed by atoms with Crippen molar-refractivity contribution in [1.82, 2.24) is 0 Å². The summed E-state index contributed by atoms with van der Waals surface area (Å²) in [6.45, 7) is 7.26. The summed E-state index contributed by atoms with van der Waals surface area (Å²) in [6.07, 6.45) is 0. The molecule has 0 saturated heterocycles. The molecule has 0 aromatic carbocycles. The highest BCUT2D eigenvalue weighted by atomic mass is 32.2. The highest BCUT2D eigenvalue weighted by molar-refractivity contribution is 8.00. The topological polar surface area (TPSA) is 57.5 Å². The van der Waals surface area contributed by atoms with E-state index in [1.807, 2.05) is 20.8 Å². The lowest BCUT2D eigenvalue weighted by molar-refractivity contribution is -0.154. The van der Waals surface area contributed by atoms with E-state index in [1.165, 1.54) is 18.7 Å². The number of thioether (sulfide) groups is 1. The molecule has 0 heterocycles. The standard InChI is InChI=1S/C8H16O3S/c1-7(2,3)12-5-8(4,11)6(9)10/h11H,5H2,1-4H3,(H,9,10). The second-order valence-electron chi connectivity index (χ2n) is 3.98. The molecule has 1 unspecified atom stereocenters. The van der Waals surface area contributed by atoms with Crippen molar-refractivity contribution in [3.05, 3.63) is 0 Å². The quantitative estimate of drug-likeness (QED) is 0.708. The minimum absolute atomic E-state index is 0.0144. The van der Waals surface area contributed by atoms with Crippen LogP contribution in [0.4, 0.5) is 0 Å². The zero-order valence-corrected chi connectivity index (χ0v) is 8.73. The number of carbonyl (C=O) groups is 1. The summed E-state index contributed by atoms with van der Waals surface area (Å²) in [6, 6.07) is 0. The van der Waals surface area contributed by atoms with E-state index < -0.39 is 11.6 Å². The lowest BCUT2D eigenvalue weighted by atomic mass is 10.1.